The lowest BCUT2D eigenvalue weighted by atomic mass is 10.1. The van der Waals surface area contributed by atoms with Crippen molar-refractivity contribution in [3.63, 3.8) is 0 Å². The van der Waals surface area contributed by atoms with E-state index in [1.54, 1.807) is 12.1 Å². The fraction of sp³-hybridized carbons (Fsp3) is 0.231. The monoisotopic (exact) mass is 317 g/mol. The van der Waals surface area contributed by atoms with Crippen molar-refractivity contribution in [1.29, 1.82) is 0 Å². The van der Waals surface area contributed by atoms with Gasteiger partial charge in [-0.25, -0.2) is 4.98 Å². The SMILES string of the molecule is O=C1CCC(Nc2nc3ccccn3c(=O)c2[N+](=O)[O-])C(=O)N1. The highest BCUT2D eigenvalue weighted by Gasteiger charge is 2.31. The van der Waals surface area contributed by atoms with Gasteiger partial charge < -0.3 is 5.32 Å². The molecule has 1 fully saturated rings. The number of piperidine rings is 1. The van der Waals surface area contributed by atoms with E-state index in [-0.39, 0.29) is 24.3 Å². The largest absolute Gasteiger partial charge is 0.376 e. The minimum absolute atomic E-state index is 0.101. The molecule has 0 aromatic carbocycles. The van der Waals surface area contributed by atoms with Crippen molar-refractivity contribution in [1.82, 2.24) is 14.7 Å². The highest BCUT2D eigenvalue weighted by molar-refractivity contribution is 6.01. The number of fused-ring (bicyclic) bond motifs is 1. The fourth-order valence-electron chi connectivity index (χ4n) is 2.34. The Labute approximate surface area is 128 Å². The van der Waals surface area contributed by atoms with Gasteiger partial charge in [-0.15, -0.1) is 0 Å². The van der Waals surface area contributed by atoms with E-state index < -0.39 is 34.0 Å². The van der Waals surface area contributed by atoms with Gasteiger partial charge >= 0.3 is 11.2 Å². The second-order valence-corrected chi connectivity index (χ2v) is 4.95. The normalized spacial score (nSPS) is 17.8. The number of nitrogens with zero attached hydrogens (tertiary/aromatic N) is 3. The third-order valence-corrected chi connectivity index (χ3v) is 3.44. The van der Waals surface area contributed by atoms with Crippen molar-refractivity contribution in [2.45, 2.75) is 18.9 Å². The number of hydrogen-bond acceptors (Lipinski definition) is 7. The number of nitro groups is 1. The first-order chi connectivity index (χ1) is 11.0. The van der Waals surface area contributed by atoms with Gasteiger partial charge in [0.2, 0.25) is 17.6 Å². The van der Waals surface area contributed by atoms with Crippen molar-refractivity contribution in [3.05, 3.63) is 44.9 Å². The molecule has 1 unspecified atom stereocenters. The number of anilines is 1. The van der Waals surface area contributed by atoms with Crippen LogP contribution in [0.3, 0.4) is 0 Å². The first kappa shape index (κ1) is 14.6. The van der Waals surface area contributed by atoms with Crippen LogP contribution in [0.5, 0.6) is 0 Å². The molecule has 23 heavy (non-hydrogen) atoms. The van der Waals surface area contributed by atoms with Crippen LogP contribution in [0.1, 0.15) is 12.8 Å². The lowest BCUT2D eigenvalue weighted by Gasteiger charge is -2.22. The Hall–Kier alpha value is -3.30. The van der Waals surface area contributed by atoms with Crippen LogP contribution in [0.4, 0.5) is 11.5 Å². The summed E-state index contributed by atoms with van der Waals surface area (Å²) >= 11 is 0. The molecule has 2 aromatic heterocycles. The van der Waals surface area contributed by atoms with E-state index in [2.05, 4.69) is 15.6 Å². The van der Waals surface area contributed by atoms with Crippen LogP contribution in [0.25, 0.3) is 5.65 Å². The van der Waals surface area contributed by atoms with E-state index in [9.17, 15) is 24.5 Å². The van der Waals surface area contributed by atoms with E-state index in [1.165, 1.54) is 12.3 Å². The predicted octanol–water partition coefficient (Wildman–Crippen LogP) is -0.180. The minimum Gasteiger partial charge on any atom is -0.352 e. The molecule has 0 radical (unpaired) electrons. The van der Waals surface area contributed by atoms with E-state index >= 15 is 0 Å². The molecule has 3 heterocycles. The molecule has 1 aliphatic rings. The molecule has 10 heteroatoms. The second-order valence-electron chi connectivity index (χ2n) is 4.95. The highest BCUT2D eigenvalue weighted by Crippen LogP contribution is 2.20. The van der Waals surface area contributed by atoms with Gasteiger partial charge in [0.25, 0.3) is 0 Å². The van der Waals surface area contributed by atoms with Crippen LogP contribution in [0.15, 0.2) is 29.2 Å². The predicted molar refractivity (Wildman–Crippen MR) is 77.9 cm³/mol. The Morgan fingerprint density at radius 3 is 2.83 bits per heavy atom. The van der Waals surface area contributed by atoms with Gasteiger partial charge in [0.15, 0.2) is 0 Å². The molecule has 0 aliphatic carbocycles. The summed E-state index contributed by atoms with van der Waals surface area (Å²) in [6.45, 7) is 0. The summed E-state index contributed by atoms with van der Waals surface area (Å²) in [6.07, 6.45) is 1.63. The average molecular weight is 317 g/mol. The molecule has 0 bridgehead atoms. The standard InChI is InChI=1S/C13H11N5O5/c19-9-5-4-7(12(20)16-9)14-11-10(18(22)23)13(21)17-6-2-1-3-8(17)15-11/h1-3,6-7,14H,4-5H2,(H,16,19,20). The lowest BCUT2D eigenvalue weighted by Crippen LogP contribution is -2.47. The van der Waals surface area contributed by atoms with Crippen molar-refractivity contribution in [2.75, 3.05) is 5.32 Å². The Bertz CT molecular complexity index is 890. The molecule has 0 saturated carbocycles. The first-order valence-electron chi connectivity index (χ1n) is 6.73. The van der Waals surface area contributed by atoms with E-state index in [0.29, 0.717) is 0 Å². The van der Waals surface area contributed by atoms with Crippen LogP contribution in [-0.2, 0) is 9.59 Å². The molecule has 2 amide bonds. The van der Waals surface area contributed by atoms with E-state index in [0.717, 1.165) is 4.40 Å². The maximum atomic E-state index is 12.3. The zero-order chi connectivity index (χ0) is 16.6. The Morgan fingerprint density at radius 2 is 2.13 bits per heavy atom. The van der Waals surface area contributed by atoms with Gasteiger partial charge in [-0.05, 0) is 18.6 Å². The summed E-state index contributed by atoms with van der Waals surface area (Å²) in [4.78, 5) is 49.6. The molecule has 1 atom stereocenters. The van der Waals surface area contributed by atoms with Crippen LogP contribution >= 0.6 is 0 Å². The van der Waals surface area contributed by atoms with Gasteiger partial charge in [0.1, 0.15) is 11.7 Å². The molecule has 2 aromatic rings. The van der Waals surface area contributed by atoms with Crippen molar-refractivity contribution < 1.29 is 14.5 Å². The Kier molecular flexibility index (Phi) is 3.48. The lowest BCUT2D eigenvalue weighted by molar-refractivity contribution is -0.385. The smallest absolute Gasteiger partial charge is 0.352 e. The zero-order valence-corrected chi connectivity index (χ0v) is 11.7. The van der Waals surface area contributed by atoms with Gasteiger partial charge in [-0.2, -0.15) is 0 Å². The number of amides is 2. The van der Waals surface area contributed by atoms with Gasteiger partial charge in [-0.1, -0.05) is 6.07 Å². The average Bonchev–Trinajstić information content (AvgIpc) is 2.50. The molecular formula is C13H11N5O5. The van der Waals surface area contributed by atoms with Crippen molar-refractivity contribution in [3.8, 4) is 0 Å². The molecule has 118 valence electrons. The molecule has 2 N–H and O–H groups in total. The fourth-order valence-corrected chi connectivity index (χ4v) is 2.34. The Morgan fingerprint density at radius 1 is 1.35 bits per heavy atom. The number of carbonyl (C=O) groups is 2. The maximum Gasteiger partial charge on any atom is 0.376 e. The number of hydrogen-bond donors (Lipinski definition) is 2. The summed E-state index contributed by atoms with van der Waals surface area (Å²) in [5, 5.41) is 16.0. The van der Waals surface area contributed by atoms with Gasteiger partial charge in [-0.3, -0.25) is 34.2 Å². The topological polar surface area (TPSA) is 136 Å². The number of nitrogens with one attached hydrogen (secondary N) is 2. The number of aromatic nitrogens is 2. The van der Waals surface area contributed by atoms with Crippen LogP contribution < -0.4 is 16.2 Å². The van der Waals surface area contributed by atoms with Crippen molar-refractivity contribution >= 4 is 29.0 Å². The van der Waals surface area contributed by atoms with Crippen molar-refractivity contribution in [2.24, 2.45) is 0 Å². The van der Waals surface area contributed by atoms with E-state index in [1.807, 2.05) is 0 Å². The number of rotatable bonds is 3. The number of carbonyl (C=O) groups excluding carboxylic acids is 2. The molecule has 3 rings (SSSR count). The third kappa shape index (κ3) is 2.61. The molecular weight excluding hydrogens is 306 g/mol. The molecule has 10 nitrogen and oxygen atoms in total. The summed E-state index contributed by atoms with van der Waals surface area (Å²) in [6, 6.07) is 3.82. The number of imide groups is 1. The summed E-state index contributed by atoms with van der Waals surface area (Å²) in [7, 11) is 0. The highest BCUT2D eigenvalue weighted by atomic mass is 16.6. The zero-order valence-electron chi connectivity index (χ0n) is 11.7. The molecule has 1 aliphatic heterocycles. The summed E-state index contributed by atoms with van der Waals surface area (Å²) < 4.78 is 1.05. The quantitative estimate of drug-likeness (QED) is 0.455. The van der Waals surface area contributed by atoms with Crippen LogP contribution in [0.2, 0.25) is 0 Å². The van der Waals surface area contributed by atoms with E-state index in [4.69, 9.17) is 0 Å². The third-order valence-electron chi connectivity index (χ3n) is 3.44. The Balaban J connectivity index is 2.07. The minimum atomic E-state index is -0.871. The van der Waals surface area contributed by atoms with Gasteiger partial charge in [0.05, 0.1) is 4.92 Å². The van der Waals surface area contributed by atoms with Crippen LogP contribution in [-0.4, -0.2) is 32.2 Å². The summed E-state index contributed by atoms with van der Waals surface area (Å²) in [5.41, 5.74) is -1.40. The molecule has 1 saturated heterocycles. The first-order valence-corrected chi connectivity index (χ1v) is 6.73. The second kappa shape index (κ2) is 5.48. The van der Waals surface area contributed by atoms with Crippen LogP contribution in [0, 0.1) is 10.1 Å². The number of pyridine rings is 1. The molecule has 0 spiro atoms. The van der Waals surface area contributed by atoms with Gasteiger partial charge in [0, 0.05) is 12.6 Å². The maximum absolute atomic E-state index is 12.3. The summed E-state index contributed by atoms with van der Waals surface area (Å²) in [5.74, 6) is -1.31.